The number of nitrogens with one attached hydrogen (secondary N) is 2. The van der Waals surface area contributed by atoms with Crippen molar-refractivity contribution in [1.29, 1.82) is 0 Å². The molecule has 20 heavy (non-hydrogen) atoms. The molecule has 2 aromatic heterocycles. The highest BCUT2D eigenvalue weighted by molar-refractivity contribution is 5.72. The Morgan fingerprint density at radius 3 is 2.50 bits per heavy atom. The molecule has 0 aliphatic carbocycles. The minimum absolute atomic E-state index is 0.200. The lowest BCUT2D eigenvalue weighted by Gasteiger charge is -2.04. The first-order chi connectivity index (χ1) is 9.60. The van der Waals surface area contributed by atoms with E-state index >= 15 is 0 Å². The molecule has 0 aliphatic rings. The zero-order chi connectivity index (χ0) is 14.3. The van der Waals surface area contributed by atoms with Crippen LogP contribution in [0.4, 0.5) is 0 Å². The number of nitrogens with zero attached hydrogens (tertiary/aromatic N) is 2. The van der Waals surface area contributed by atoms with Gasteiger partial charge >= 0.3 is 5.69 Å². The largest absolute Gasteiger partial charge is 0.497 e. The van der Waals surface area contributed by atoms with Gasteiger partial charge in [-0.15, -0.1) is 0 Å². The molecule has 0 fully saturated rings. The van der Waals surface area contributed by atoms with E-state index in [2.05, 4.69) is 15.0 Å². The lowest BCUT2D eigenvalue weighted by Crippen LogP contribution is -2.19. The molecule has 0 saturated heterocycles. The zero-order valence-electron chi connectivity index (χ0n) is 10.9. The number of fused-ring (bicyclic) bond motifs is 1. The minimum Gasteiger partial charge on any atom is -0.497 e. The fraction of sp³-hybridized carbons (Fsp3) is 0.154. The summed E-state index contributed by atoms with van der Waals surface area (Å²) in [6, 6.07) is 6.84. The smallest absolute Gasteiger partial charge is 0.332 e. The third-order valence-corrected chi connectivity index (χ3v) is 3.00. The summed E-state index contributed by atoms with van der Waals surface area (Å²) in [6.45, 7) is 1.66. The first-order valence-corrected chi connectivity index (χ1v) is 5.96. The van der Waals surface area contributed by atoms with Gasteiger partial charge in [-0.1, -0.05) is 0 Å². The van der Waals surface area contributed by atoms with Gasteiger partial charge in [0.1, 0.15) is 11.6 Å². The van der Waals surface area contributed by atoms with Gasteiger partial charge in [0.05, 0.1) is 12.8 Å². The molecule has 3 aromatic rings. The fourth-order valence-corrected chi connectivity index (χ4v) is 2.11. The molecule has 2 N–H and O–H groups in total. The Labute approximate surface area is 112 Å². The molecule has 0 saturated carbocycles. The average molecular weight is 272 g/mol. The second-order valence-electron chi connectivity index (χ2n) is 4.31. The summed E-state index contributed by atoms with van der Waals surface area (Å²) < 4.78 is 6.36. The highest BCUT2D eigenvalue weighted by Gasteiger charge is 2.13. The van der Waals surface area contributed by atoms with Crippen molar-refractivity contribution in [2.75, 3.05) is 7.11 Å². The highest BCUT2D eigenvalue weighted by atomic mass is 16.5. The van der Waals surface area contributed by atoms with Crippen molar-refractivity contribution in [3.8, 4) is 11.4 Å². The number of hydrogen-bond acceptors (Lipinski definition) is 4. The third kappa shape index (κ3) is 1.80. The molecule has 0 spiro atoms. The topological polar surface area (TPSA) is 92.8 Å². The lowest BCUT2D eigenvalue weighted by atomic mass is 10.3. The van der Waals surface area contributed by atoms with Crippen LogP contribution in [-0.4, -0.2) is 26.6 Å². The second kappa shape index (κ2) is 4.37. The van der Waals surface area contributed by atoms with Crippen molar-refractivity contribution in [1.82, 2.24) is 19.5 Å². The summed E-state index contributed by atoms with van der Waals surface area (Å²) in [6.07, 6.45) is 0. The standard InChI is InChI=1S/C13H12N4O3/c1-7-14-11-10(12(18)15-7)17(13(19)16-11)8-3-5-9(20-2)6-4-8/h3-6H,1-2H3,(H2,14,15,16,18,19). The van der Waals surface area contributed by atoms with Crippen molar-refractivity contribution in [3.63, 3.8) is 0 Å². The number of benzene rings is 1. The summed E-state index contributed by atoms with van der Waals surface area (Å²) >= 11 is 0. The first kappa shape index (κ1) is 12.2. The van der Waals surface area contributed by atoms with Gasteiger partial charge < -0.3 is 9.72 Å². The summed E-state index contributed by atoms with van der Waals surface area (Å²) in [5.41, 5.74) is 0.270. The van der Waals surface area contributed by atoms with Crippen LogP contribution in [0.3, 0.4) is 0 Å². The van der Waals surface area contributed by atoms with E-state index in [4.69, 9.17) is 4.74 Å². The maximum Gasteiger partial charge on any atom is 0.332 e. The number of hydrogen-bond donors (Lipinski definition) is 2. The van der Waals surface area contributed by atoms with E-state index in [0.717, 1.165) is 0 Å². The molecule has 7 heteroatoms. The van der Waals surface area contributed by atoms with E-state index in [9.17, 15) is 9.59 Å². The number of rotatable bonds is 2. The van der Waals surface area contributed by atoms with Crippen LogP contribution in [0, 0.1) is 6.92 Å². The summed E-state index contributed by atoms with van der Waals surface area (Å²) in [7, 11) is 1.56. The van der Waals surface area contributed by atoms with Crippen LogP contribution in [0.25, 0.3) is 16.9 Å². The molecule has 1 aromatic carbocycles. The number of aromatic amines is 2. The van der Waals surface area contributed by atoms with Crippen molar-refractivity contribution in [2.45, 2.75) is 6.92 Å². The predicted octanol–water partition coefficient (Wildman–Crippen LogP) is 0.719. The SMILES string of the molecule is COc1ccc(-n2c(=O)[nH]c3nc(C)[nH]c(=O)c32)cc1. The zero-order valence-corrected chi connectivity index (χ0v) is 10.9. The second-order valence-corrected chi connectivity index (χ2v) is 4.31. The molecular formula is C13H12N4O3. The number of aromatic nitrogens is 4. The third-order valence-electron chi connectivity index (χ3n) is 3.00. The Balaban J connectivity index is 2.32. The Morgan fingerprint density at radius 1 is 1.15 bits per heavy atom. The van der Waals surface area contributed by atoms with Crippen molar-refractivity contribution in [2.24, 2.45) is 0 Å². The van der Waals surface area contributed by atoms with E-state index in [1.165, 1.54) is 4.57 Å². The van der Waals surface area contributed by atoms with Crippen LogP contribution < -0.4 is 16.0 Å². The molecule has 7 nitrogen and oxygen atoms in total. The minimum atomic E-state index is -0.409. The quantitative estimate of drug-likeness (QED) is 0.719. The van der Waals surface area contributed by atoms with E-state index in [1.54, 1.807) is 38.3 Å². The van der Waals surface area contributed by atoms with Gasteiger partial charge in [0.15, 0.2) is 11.2 Å². The summed E-state index contributed by atoms with van der Waals surface area (Å²) in [5.74, 6) is 1.12. The van der Waals surface area contributed by atoms with Crippen LogP contribution in [0.2, 0.25) is 0 Å². The number of H-pyrrole nitrogens is 2. The van der Waals surface area contributed by atoms with E-state index in [0.29, 0.717) is 17.3 Å². The molecule has 0 atom stereocenters. The molecule has 0 bridgehead atoms. The predicted molar refractivity (Wildman–Crippen MR) is 73.6 cm³/mol. The van der Waals surface area contributed by atoms with E-state index in [1.807, 2.05) is 0 Å². The maximum absolute atomic E-state index is 12.0. The van der Waals surface area contributed by atoms with Crippen LogP contribution in [0.5, 0.6) is 5.75 Å². The van der Waals surface area contributed by atoms with Gasteiger partial charge in [-0.25, -0.2) is 9.78 Å². The number of aryl methyl sites for hydroxylation is 1. The van der Waals surface area contributed by atoms with Crippen molar-refractivity contribution < 1.29 is 4.74 Å². The fourth-order valence-electron chi connectivity index (χ4n) is 2.11. The maximum atomic E-state index is 12.0. The van der Waals surface area contributed by atoms with E-state index < -0.39 is 5.69 Å². The van der Waals surface area contributed by atoms with E-state index in [-0.39, 0.29) is 16.7 Å². The Bertz CT molecular complexity index is 887. The van der Waals surface area contributed by atoms with Gasteiger partial charge in [-0.2, -0.15) is 0 Å². The Kier molecular flexibility index (Phi) is 2.67. The van der Waals surface area contributed by atoms with Gasteiger partial charge in [-0.3, -0.25) is 14.3 Å². The summed E-state index contributed by atoms with van der Waals surface area (Å²) in [4.78, 5) is 33.4. The molecule has 0 aliphatic heterocycles. The molecular weight excluding hydrogens is 260 g/mol. The van der Waals surface area contributed by atoms with Gasteiger partial charge in [-0.05, 0) is 31.2 Å². The van der Waals surface area contributed by atoms with Crippen LogP contribution in [-0.2, 0) is 0 Å². The van der Waals surface area contributed by atoms with Crippen molar-refractivity contribution >= 4 is 11.2 Å². The van der Waals surface area contributed by atoms with Gasteiger partial charge in [0.25, 0.3) is 5.56 Å². The molecule has 0 unspecified atom stereocenters. The number of imidazole rings is 1. The molecule has 102 valence electrons. The summed E-state index contributed by atoms with van der Waals surface area (Å²) in [5, 5.41) is 0. The Hall–Kier alpha value is -2.83. The Morgan fingerprint density at radius 2 is 1.85 bits per heavy atom. The first-order valence-electron chi connectivity index (χ1n) is 5.96. The highest BCUT2D eigenvalue weighted by Crippen LogP contribution is 2.15. The van der Waals surface area contributed by atoms with Crippen LogP contribution in [0.15, 0.2) is 33.9 Å². The van der Waals surface area contributed by atoms with Crippen molar-refractivity contribution in [3.05, 3.63) is 50.9 Å². The van der Waals surface area contributed by atoms with Crippen LogP contribution in [0.1, 0.15) is 5.82 Å². The van der Waals surface area contributed by atoms with Crippen LogP contribution >= 0.6 is 0 Å². The molecule has 0 radical (unpaired) electrons. The van der Waals surface area contributed by atoms with Gasteiger partial charge in [0, 0.05) is 0 Å². The molecule has 0 amide bonds. The molecule has 3 rings (SSSR count). The number of methoxy groups -OCH3 is 1. The normalized spacial score (nSPS) is 10.9. The molecule has 2 heterocycles. The number of ether oxygens (including phenoxy) is 1. The lowest BCUT2D eigenvalue weighted by molar-refractivity contribution is 0.414. The monoisotopic (exact) mass is 272 g/mol. The van der Waals surface area contributed by atoms with Gasteiger partial charge in [0.2, 0.25) is 0 Å². The average Bonchev–Trinajstić information content (AvgIpc) is 2.75.